The van der Waals surface area contributed by atoms with Gasteiger partial charge in [-0.2, -0.15) is 0 Å². The van der Waals surface area contributed by atoms with Crippen molar-refractivity contribution in [2.75, 3.05) is 13.2 Å². The van der Waals surface area contributed by atoms with Crippen LogP contribution in [0.4, 0.5) is 0 Å². The minimum Gasteiger partial charge on any atom is -0.394 e. The molecule has 0 aromatic heterocycles. The summed E-state index contributed by atoms with van der Waals surface area (Å²) >= 11 is 0. The minimum absolute atomic E-state index is 0.622. The molecule has 0 radical (unpaired) electrons. The Kier molecular flexibility index (Phi) is 6.27. The molecule has 2 aliphatic heterocycles. The third kappa shape index (κ3) is 3.65. The van der Waals surface area contributed by atoms with Crippen LogP contribution >= 0.6 is 0 Å². The molecule has 0 aromatic rings. The molecule has 2 aliphatic rings. The average molecular weight is 341 g/mol. The molecule has 9 N–H and O–H groups in total. The molecule has 0 spiro atoms. The van der Waals surface area contributed by atoms with Crippen molar-refractivity contribution in [1.82, 2.24) is 0 Å². The standard InChI is InChI=1S/C12H23NO10/c13-5-7(17)10(4(2-15)21-11(5)20)23-12-9(19)8(18)6(16)3(1-14)22-12/h3-12,14-20H,1-2,13H2/t3?,4?,5?,6-,7?,8?,9?,10-,11?,12-/m0/s1. The second-order valence-corrected chi connectivity index (χ2v) is 5.61. The van der Waals surface area contributed by atoms with Crippen molar-refractivity contribution in [2.45, 2.75) is 61.3 Å². The Morgan fingerprint density at radius 3 is 1.96 bits per heavy atom. The fraction of sp³-hybridized carbons (Fsp3) is 1.00. The largest absolute Gasteiger partial charge is 0.394 e. The Bertz CT molecular complexity index is 383. The van der Waals surface area contributed by atoms with Crippen LogP contribution in [0, 0.1) is 0 Å². The SMILES string of the molecule is NC1C(O)OC(CO)[C@H](O[C@@H]2OC(CO)[C@H](O)C(O)C2O)C1O. The molecule has 2 saturated heterocycles. The van der Waals surface area contributed by atoms with Crippen LogP contribution in [0.2, 0.25) is 0 Å². The monoisotopic (exact) mass is 341 g/mol. The average Bonchev–Trinajstić information content (AvgIpc) is 2.55. The van der Waals surface area contributed by atoms with E-state index in [1.54, 1.807) is 0 Å². The van der Waals surface area contributed by atoms with Crippen molar-refractivity contribution in [1.29, 1.82) is 0 Å². The van der Waals surface area contributed by atoms with E-state index in [4.69, 9.17) is 25.1 Å². The molecule has 0 amide bonds. The second-order valence-electron chi connectivity index (χ2n) is 5.61. The van der Waals surface area contributed by atoms with E-state index < -0.39 is 74.6 Å². The summed E-state index contributed by atoms with van der Waals surface area (Å²) in [5.41, 5.74) is 5.55. The maximum Gasteiger partial charge on any atom is 0.187 e. The third-order valence-corrected chi connectivity index (χ3v) is 4.06. The van der Waals surface area contributed by atoms with Crippen LogP contribution in [-0.4, -0.2) is 110 Å². The molecule has 0 bridgehead atoms. The van der Waals surface area contributed by atoms with Gasteiger partial charge in [0.05, 0.1) is 19.3 Å². The van der Waals surface area contributed by atoms with Gasteiger partial charge < -0.3 is 55.7 Å². The van der Waals surface area contributed by atoms with E-state index in [1.165, 1.54) is 0 Å². The van der Waals surface area contributed by atoms with Crippen LogP contribution in [-0.2, 0) is 14.2 Å². The zero-order valence-corrected chi connectivity index (χ0v) is 12.1. The molecule has 136 valence electrons. The maximum absolute atomic E-state index is 10.1. The number of aliphatic hydroxyl groups is 7. The first-order chi connectivity index (χ1) is 10.8. The second kappa shape index (κ2) is 7.63. The van der Waals surface area contributed by atoms with Gasteiger partial charge in [0.1, 0.15) is 42.7 Å². The summed E-state index contributed by atoms with van der Waals surface area (Å²) in [6, 6.07) is -1.23. The molecule has 11 heteroatoms. The van der Waals surface area contributed by atoms with Crippen LogP contribution in [0.15, 0.2) is 0 Å². The lowest BCUT2D eigenvalue weighted by molar-refractivity contribution is -0.344. The van der Waals surface area contributed by atoms with E-state index in [9.17, 15) is 30.6 Å². The van der Waals surface area contributed by atoms with Crippen molar-refractivity contribution in [3.63, 3.8) is 0 Å². The zero-order valence-electron chi connectivity index (χ0n) is 12.1. The highest BCUT2D eigenvalue weighted by Crippen LogP contribution is 2.27. The van der Waals surface area contributed by atoms with Gasteiger partial charge in [-0.15, -0.1) is 0 Å². The molecule has 2 rings (SSSR count). The molecule has 10 atom stereocenters. The lowest BCUT2D eigenvalue weighted by Gasteiger charge is -2.45. The van der Waals surface area contributed by atoms with Gasteiger partial charge in [-0.05, 0) is 0 Å². The van der Waals surface area contributed by atoms with Crippen LogP contribution in [0.25, 0.3) is 0 Å². The summed E-state index contributed by atoms with van der Waals surface area (Å²) in [6.45, 7) is -1.26. The highest BCUT2D eigenvalue weighted by molar-refractivity contribution is 4.94. The molecule has 2 fully saturated rings. The van der Waals surface area contributed by atoms with Crippen LogP contribution in [0.1, 0.15) is 0 Å². The highest BCUT2D eigenvalue weighted by atomic mass is 16.7. The normalized spacial score (nSPS) is 51.7. The van der Waals surface area contributed by atoms with Crippen LogP contribution < -0.4 is 5.73 Å². The van der Waals surface area contributed by atoms with Crippen molar-refractivity contribution in [2.24, 2.45) is 5.73 Å². The van der Waals surface area contributed by atoms with Crippen LogP contribution in [0.5, 0.6) is 0 Å². The summed E-state index contributed by atoms with van der Waals surface area (Å²) in [5, 5.41) is 67.3. The Morgan fingerprint density at radius 2 is 1.39 bits per heavy atom. The topological polar surface area (TPSA) is 195 Å². The van der Waals surface area contributed by atoms with Gasteiger partial charge in [-0.1, -0.05) is 0 Å². The van der Waals surface area contributed by atoms with E-state index in [2.05, 4.69) is 0 Å². The van der Waals surface area contributed by atoms with Gasteiger partial charge in [0, 0.05) is 0 Å². The van der Waals surface area contributed by atoms with Crippen molar-refractivity contribution < 1.29 is 50.0 Å². The fourth-order valence-electron chi connectivity index (χ4n) is 2.60. The minimum atomic E-state index is -1.68. The van der Waals surface area contributed by atoms with E-state index in [0.29, 0.717) is 0 Å². The third-order valence-electron chi connectivity index (χ3n) is 4.06. The number of hydrogen-bond donors (Lipinski definition) is 8. The number of hydrogen-bond acceptors (Lipinski definition) is 11. The van der Waals surface area contributed by atoms with Gasteiger partial charge in [0.2, 0.25) is 0 Å². The number of rotatable bonds is 4. The predicted octanol–water partition coefficient (Wildman–Crippen LogP) is -5.43. The van der Waals surface area contributed by atoms with E-state index >= 15 is 0 Å². The molecule has 0 saturated carbocycles. The first-order valence-corrected chi connectivity index (χ1v) is 7.15. The van der Waals surface area contributed by atoms with E-state index in [0.717, 1.165) is 0 Å². The first kappa shape index (κ1) is 18.9. The molecule has 23 heavy (non-hydrogen) atoms. The van der Waals surface area contributed by atoms with Gasteiger partial charge in [0.25, 0.3) is 0 Å². The molecule has 7 unspecified atom stereocenters. The molecule has 2 heterocycles. The van der Waals surface area contributed by atoms with Gasteiger partial charge in [0.15, 0.2) is 12.6 Å². The Balaban J connectivity index is 2.11. The predicted molar refractivity (Wildman–Crippen MR) is 70.6 cm³/mol. The van der Waals surface area contributed by atoms with Gasteiger partial charge in [-0.3, -0.25) is 0 Å². The molecular formula is C12H23NO10. The summed E-state index contributed by atoms with van der Waals surface area (Å²) in [5.74, 6) is 0. The maximum atomic E-state index is 10.1. The van der Waals surface area contributed by atoms with E-state index in [-0.39, 0.29) is 0 Å². The quantitative estimate of drug-likeness (QED) is 0.243. The Labute approximate surface area is 131 Å². The number of aliphatic hydroxyl groups excluding tert-OH is 7. The first-order valence-electron chi connectivity index (χ1n) is 7.15. The lowest BCUT2D eigenvalue weighted by Crippen LogP contribution is -2.66. The van der Waals surface area contributed by atoms with Crippen molar-refractivity contribution >= 4 is 0 Å². The van der Waals surface area contributed by atoms with Crippen molar-refractivity contribution in [3.05, 3.63) is 0 Å². The molecule has 0 aromatic carbocycles. The summed E-state index contributed by atoms with van der Waals surface area (Å²) in [4.78, 5) is 0. The van der Waals surface area contributed by atoms with Crippen LogP contribution in [0.3, 0.4) is 0 Å². The van der Waals surface area contributed by atoms with Gasteiger partial charge >= 0.3 is 0 Å². The number of nitrogens with two attached hydrogens (primary N) is 1. The van der Waals surface area contributed by atoms with Gasteiger partial charge in [-0.25, -0.2) is 0 Å². The number of ether oxygens (including phenoxy) is 3. The molecular weight excluding hydrogens is 318 g/mol. The van der Waals surface area contributed by atoms with Crippen molar-refractivity contribution in [3.8, 4) is 0 Å². The summed E-state index contributed by atoms with van der Waals surface area (Å²) in [7, 11) is 0. The smallest absolute Gasteiger partial charge is 0.187 e. The Hall–Kier alpha value is -0.440. The summed E-state index contributed by atoms with van der Waals surface area (Å²) < 4.78 is 15.5. The zero-order chi connectivity index (χ0) is 17.3. The summed E-state index contributed by atoms with van der Waals surface area (Å²) in [6.07, 6.45) is -13.0. The lowest BCUT2D eigenvalue weighted by atomic mass is 9.96. The van der Waals surface area contributed by atoms with E-state index in [1.807, 2.05) is 0 Å². The fourth-order valence-corrected chi connectivity index (χ4v) is 2.60. The molecule has 0 aliphatic carbocycles. The Morgan fingerprint density at radius 1 is 0.783 bits per heavy atom. The molecule has 11 nitrogen and oxygen atoms in total. The highest BCUT2D eigenvalue weighted by Gasteiger charge is 2.49.